The second-order valence-corrected chi connectivity index (χ2v) is 14.9. The summed E-state index contributed by atoms with van der Waals surface area (Å²) < 4.78 is 27.1. The topological polar surface area (TPSA) is 103 Å². The highest BCUT2D eigenvalue weighted by Crippen LogP contribution is 2.29. The van der Waals surface area contributed by atoms with Crippen LogP contribution in [0.25, 0.3) is 0 Å². The number of ether oxygens (including phenoxy) is 2. The molecular formula is C41H55FN4O6. The summed E-state index contributed by atoms with van der Waals surface area (Å²) in [5, 5.41) is 10.7. The third-order valence-electron chi connectivity index (χ3n) is 10.8. The number of benzene rings is 2. The average molecular weight is 719 g/mol. The number of rotatable bonds is 7. The lowest BCUT2D eigenvalue weighted by atomic mass is 9.90. The molecule has 0 radical (unpaired) electrons. The van der Waals surface area contributed by atoms with Crippen LogP contribution in [-0.4, -0.2) is 115 Å². The molecule has 2 aromatic carbocycles. The Kier molecular flexibility index (Phi) is 13.5. The summed E-state index contributed by atoms with van der Waals surface area (Å²) in [4.78, 5) is 46.9. The van der Waals surface area contributed by atoms with Gasteiger partial charge in [-0.15, -0.1) is 0 Å². The first kappa shape index (κ1) is 39.0. The Labute approximate surface area is 307 Å². The number of carbonyl (C=O) groups is 3. The second-order valence-electron chi connectivity index (χ2n) is 14.9. The lowest BCUT2D eigenvalue weighted by molar-refractivity contribution is -0.151. The maximum absolute atomic E-state index is 15.1. The van der Waals surface area contributed by atoms with Gasteiger partial charge in [0.2, 0.25) is 0 Å². The number of likely N-dealkylation sites (N-methyl/N-ethyl adjacent to an activating group) is 1. The smallest absolute Gasteiger partial charge is 0.410 e. The molecule has 5 atom stereocenters. The molecule has 1 N–H and O–H groups in total. The van der Waals surface area contributed by atoms with Crippen molar-refractivity contribution in [2.45, 2.75) is 76.7 Å². The molecule has 2 amide bonds. The number of esters is 1. The van der Waals surface area contributed by atoms with Crippen molar-refractivity contribution < 1.29 is 33.4 Å². The molecule has 11 heteroatoms. The largest absolute Gasteiger partial charge is 0.457 e. The zero-order chi connectivity index (χ0) is 37.4. The zero-order valence-corrected chi connectivity index (χ0v) is 31.1. The van der Waals surface area contributed by atoms with E-state index in [-0.39, 0.29) is 48.5 Å². The van der Waals surface area contributed by atoms with Crippen molar-refractivity contribution in [2.75, 3.05) is 58.3 Å². The fourth-order valence-corrected chi connectivity index (χ4v) is 7.31. The van der Waals surface area contributed by atoms with Crippen LogP contribution >= 0.6 is 0 Å². The number of aliphatic hydroxyl groups is 1. The van der Waals surface area contributed by atoms with E-state index in [9.17, 15) is 19.5 Å². The van der Waals surface area contributed by atoms with Crippen LogP contribution in [0.2, 0.25) is 0 Å². The standard InChI is InChI=1S/C41H55FN4O6/c1-28-11-13-36(47)27-38(48)52-39(29(2)12-14-37(28)51-41(50)46-21-19-43(4)20-22-46)30(3)23-31-24-33(42)26-35(25-31)44(5)34-15-17-45(18-16-34)40(49)32-9-7-6-8-10-32/h6-10,12,14,24-26,28-29,34,36-37,39,47H,3,11,13,15-23,27H2,1-2,4-5H3/b14-12+/t28-,29-,36+,37-,39-/m0/s1. The van der Waals surface area contributed by atoms with Gasteiger partial charge in [0.15, 0.2) is 0 Å². The van der Waals surface area contributed by atoms with Crippen LogP contribution in [0.4, 0.5) is 14.9 Å². The number of aliphatic hydroxyl groups excluding tert-OH is 1. The maximum Gasteiger partial charge on any atom is 0.410 e. The Morgan fingerprint density at radius 3 is 2.35 bits per heavy atom. The summed E-state index contributed by atoms with van der Waals surface area (Å²) in [5.74, 6) is -1.32. The normalized spacial score (nSPS) is 26.0. The van der Waals surface area contributed by atoms with Gasteiger partial charge in [0.05, 0.1) is 12.5 Å². The van der Waals surface area contributed by atoms with Crippen LogP contribution in [0.5, 0.6) is 0 Å². The van der Waals surface area contributed by atoms with E-state index in [1.165, 1.54) is 12.1 Å². The van der Waals surface area contributed by atoms with Crippen molar-refractivity contribution in [3.63, 3.8) is 0 Å². The minimum atomic E-state index is -0.902. The van der Waals surface area contributed by atoms with Gasteiger partial charge in [0, 0.05) is 69.5 Å². The predicted octanol–water partition coefficient (Wildman–Crippen LogP) is 5.70. The van der Waals surface area contributed by atoms with Gasteiger partial charge in [-0.3, -0.25) is 9.59 Å². The van der Waals surface area contributed by atoms with Gasteiger partial charge in [-0.25, -0.2) is 9.18 Å². The van der Waals surface area contributed by atoms with E-state index in [1.807, 2.05) is 81.4 Å². The molecule has 52 heavy (non-hydrogen) atoms. The van der Waals surface area contributed by atoms with Gasteiger partial charge < -0.3 is 34.2 Å². The van der Waals surface area contributed by atoms with Crippen LogP contribution < -0.4 is 4.90 Å². The van der Waals surface area contributed by atoms with Crippen LogP contribution in [0.15, 0.2) is 72.8 Å². The fraction of sp³-hybridized carbons (Fsp3) is 0.537. The van der Waals surface area contributed by atoms with Gasteiger partial charge in [-0.1, -0.05) is 44.7 Å². The lowest BCUT2D eigenvalue weighted by Gasteiger charge is -2.38. The third-order valence-corrected chi connectivity index (χ3v) is 10.8. The zero-order valence-electron chi connectivity index (χ0n) is 31.1. The van der Waals surface area contributed by atoms with Gasteiger partial charge in [0.1, 0.15) is 18.0 Å². The molecule has 5 rings (SSSR count). The average Bonchev–Trinajstić information content (AvgIpc) is 3.13. The van der Waals surface area contributed by atoms with E-state index in [1.54, 1.807) is 4.90 Å². The molecule has 0 aliphatic carbocycles. The van der Waals surface area contributed by atoms with Crippen molar-refractivity contribution >= 4 is 23.7 Å². The molecule has 2 fully saturated rings. The van der Waals surface area contributed by atoms with Crippen molar-refractivity contribution in [3.8, 4) is 0 Å². The number of carbonyl (C=O) groups excluding carboxylic acids is 3. The molecule has 3 heterocycles. The summed E-state index contributed by atoms with van der Waals surface area (Å²) in [7, 11) is 3.98. The fourth-order valence-electron chi connectivity index (χ4n) is 7.31. The van der Waals surface area contributed by atoms with Crippen LogP contribution in [0, 0.1) is 17.7 Å². The van der Waals surface area contributed by atoms with Crippen LogP contribution in [0.1, 0.15) is 61.9 Å². The van der Waals surface area contributed by atoms with Crippen LogP contribution in [0.3, 0.4) is 0 Å². The number of piperidine rings is 1. The van der Waals surface area contributed by atoms with Gasteiger partial charge in [0.25, 0.3) is 5.91 Å². The van der Waals surface area contributed by atoms with Crippen molar-refractivity contribution in [1.29, 1.82) is 0 Å². The summed E-state index contributed by atoms with van der Waals surface area (Å²) >= 11 is 0. The van der Waals surface area contributed by atoms with Gasteiger partial charge in [-0.2, -0.15) is 0 Å². The number of hydrogen-bond donors (Lipinski definition) is 1. The number of anilines is 1. The molecule has 3 aliphatic heterocycles. The van der Waals surface area contributed by atoms with Gasteiger partial charge >= 0.3 is 12.1 Å². The quantitative estimate of drug-likeness (QED) is 0.288. The summed E-state index contributed by atoms with van der Waals surface area (Å²) in [6.07, 6.45) is 3.74. The Morgan fingerprint density at radius 1 is 0.962 bits per heavy atom. The Hall–Kier alpha value is -4.22. The second kappa shape index (κ2) is 18.0. The molecular weight excluding hydrogens is 663 g/mol. The first-order valence-corrected chi connectivity index (χ1v) is 18.6. The summed E-state index contributed by atoms with van der Waals surface area (Å²) in [5.41, 5.74) is 2.68. The minimum absolute atomic E-state index is 0.0240. The monoisotopic (exact) mass is 718 g/mol. The maximum atomic E-state index is 15.1. The van der Waals surface area contributed by atoms with Crippen molar-refractivity contribution in [3.05, 3.63) is 89.8 Å². The van der Waals surface area contributed by atoms with Crippen LogP contribution in [-0.2, 0) is 20.7 Å². The molecule has 0 bridgehead atoms. The molecule has 2 saturated heterocycles. The SMILES string of the molecule is C=C(Cc1cc(F)cc(N(C)C2CCN(C(=O)c3ccccc3)CC2)c1)[C@H]1OC(=O)C[C@H](O)CC[C@H](C)[C@@H](OC(=O)N2CCN(C)CC2)/C=C/[C@@H]1C. The number of cyclic esters (lactones) is 1. The molecule has 0 saturated carbocycles. The molecule has 282 valence electrons. The lowest BCUT2D eigenvalue weighted by Crippen LogP contribution is -2.48. The molecule has 0 aromatic heterocycles. The van der Waals surface area contributed by atoms with E-state index in [0.717, 1.165) is 31.6 Å². The van der Waals surface area contributed by atoms with E-state index >= 15 is 4.39 Å². The van der Waals surface area contributed by atoms with E-state index < -0.39 is 24.3 Å². The van der Waals surface area contributed by atoms with Crippen molar-refractivity contribution in [2.24, 2.45) is 11.8 Å². The van der Waals surface area contributed by atoms with E-state index in [2.05, 4.69) is 16.4 Å². The summed E-state index contributed by atoms with van der Waals surface area (Å²) in [6, 6.07) is 14.3. The number of hydrogen-bond acceptors (Lipinski definition) is 8. The highest BCUT2D eigenvalue weighted by molar-refractivity contribution is 5.94. The molecule has 3 aliphatic rings. The number of halogens is 1. The molecule has 2 aromatic rings. The first-order chi connectivity index (χ1) is 24.9. The number of piperazine rings is 1. The van der Waals surface area contributed by atoms with E-state index in [0.29, 0.717) is 55.7 Å². The number of likely N-dealkylation sites (tertiary alicyclic amines) is 1. The molecule has 0 spiro atoms. The van der Waals surface area contributed by atoms with E-state index in [4.69, 9.17) is 9.47 Å². The number of nitrogens with zero attached hydrogens (tertiary/aromatic N) is 4. The Morgan fingerprint density at radius 2 is 1.65 bits per heavy atom. The Balaban J connectivity index is 1.26. The van der Waals surface area contributed by atoms with Crippen molar-refractivity contribution in [1.82, 2.24) is 14.7 Å². The molecule has 0 unspecified atom stereocenters. The minimum Gasteiger partial charge on any atom is -0.457 e. The van der Waals surface area contributed by atoms with Gasteiger partial charge in [-0.05, 0) is 92.6 Å². The molecule has 10 nitrogen and oxygen atoms in total. The highest BCUT2D eigenvalue weighted by atomic mass is 19.1. The summed E-state index contributed by atoms with van der Waals surface area (Å²) in [6.45, 7) is 12.2. The predicted molar refractivity (Wildman–Crippen MR) is 200 cm³/mol. The highest BCUT2D eigenvalue weighted by Gasteiger charge is 2.30. The number of amides is 2. The first-order valence-electron chi connectivity index (χ1n) is 18.6. The Bertz CT molecular complexity index is 1570. The third kappa shape index (κ3) is 10.4.